The highest BCUT2D eigenvalue weighted by Gasteiger charge is 2.25. The standard InChI is InChI=1S/C25H30N4O5/c1-16(26)24(33)28-17(2)25(34)29-20(14-18-8-4-3-5-9-18)22(31)15-27-23(32)13-12-19-10-6-7-11-21(19)30/h3-13,16-17,20,30H,14-15,26H2,1-2H3,(H,27,32)(H,28,33)(H,29,34)/b13-12-/t16-,17-,20-/m0/s1. The summed E-state index contributed by atoms with van der Waals surface area (Å²) < 4.78 is 0. The maximum absolute atomic E-state index is 12.9. The lowest BCUT2D eigenvalue weighted by molar-refractivity contribution is -0.131. The first-order valence-corrected chi connectivity index (χ1v) is 10.8. The SMILES string of the molecule is C[C@H](N)C(=O)N[C@@H](C)C(=O)N[C@@H](Cc1ccccc1)C(=O)CNC(=O)/C=C\c1ccccc1O. The molecule has 6 N–H and O–H groups in total. The number of carbonyl (C=O) groups excluding carboxylic acids is 4. The first kappa shape index (κ1) is 26.3. The van der Waals surface area contributed by atoms with Crippen molar-refractivity contribution < 1.29 is 24.3 Å². The van der Waals surface area contributed by atoms with Crippen LogP contribution in [0.25, 0.3) is 6.08 Å². The van der Waals surface area contributed by atoms with Crippen molar-refractivity contribution in [2.24, 2.45) is 5.73 Å². The Labute approximate surface area is 198 Å². The van der Waals surface area contributed by atoms with Crippen LogP contribution in [-0.2, 0) is 25.6 Å². The minimum Gasteiger partial charge on any atom is -0.507 e. The number of phenols is 1. The molecule has 0 radical (unpaired) electrons. The zero-order valence-electron chi connectivity index (χ0n) is 19.2. The summed E-state index contributed by atoms with van der Waals surface area (Å²) in [5, 5.41) is 17.4. The molecule has 180 valence electrons. The number of ketones is 1. The molecule has 0 bridgehead atoms. The lowest BCUT2D eigenvalue weighted by atomic mass is 10.0. The average molecular weight is 467 g/mol. The van der Waals surface area contributed by atoms with Gasteiger partial charge in [0.15, 0.2) is 5.78 Å². The Morgan fingerprint density at radius 3 is 2.24 bits per heavy atom. The molecule has 3 atom stereocenters. The van der Waals surface area contributed by atoms with Crippen LogP contribution >= 0.6 is 0 Å². The fraction of sp³-hybridized carbons (Fsp3) is 0.280. The quantitative estimate of drug-likeness (QED) is 0.307. The van der Waals surface area contributed by atoms with Crippen LogP contribution in [0, 0.1) is 0 Å². The highest BCUT2D eigenvalue weighted by atomic mass is 16.3. The number of amides is 3. The van der Waals surface area contributed by atoms with Crippen LogP contribution in [0.2, 0.25) is 0 Å². The largest absolute Gasteiger partial charge is 0.507 e. The van der Waals surface area contributed by atoms with Gasteiger partial charge < -0.3 is 26.8 Å². The van der Waals surface area contributed by atoms with Gasteiger partial charge in [0.25, 0.3) is 0 Å². The third-order valence-corrected chi connectivity index (χ3v) is 4.94. The van der Waals surface area contributed by atoms with E-state index in [1.807, 2.05) is 30.3 Å². The number of nitrogens with one attached hydrogen (secondary N) is 3. The molecule has 0 unspecified atom stereocenters. The number of para-hydroxylation sites is 1. The number of nitrogens with two attached hydrogens (primary N) is 1. The zero-order chi connectivity index (χ0) is 25.1. The highest BCUT2D eigenvalue weighted by Crippen LogP contribution is 2.16. The first-order chi connectivity index (χ1) is 16.2. The molecule has 3 amide bonds. The summed E-state index contributed by atoms with van der Waals surface area (Å²) in [6.45, 7) is 2.67. The fourth-order valence-electron chi connectivity index (χ4n) is 2.95. The predicted octanol–water partition coefficient (Wildman–Crippen LogP) is 0.670. The van der Waals surface area contributed by atoms with Crippen LogP contribution in [-0.4, -0.2) is 53.3 Å². The topological polar surface area (TPSA) is 151 Å². The predicted molar refractivity (Wildman–Crippen MR) is 128 cm³/mol. The Kier molecular flexibility index (Phi) is 9.97. The van der Waals surface area contributed by atoms with Gasteiger partial charge in [-0.05, 0) is 38.0 Å². The van der Waals surface area contributed by atoms with E-state index in [9.17, 15) is 24.3 Å². The van der Waals surface area contributed by atoms with Crippen LogP contribution in [0.1, 0.15) is 25.0 Å². The molecular weight excluding hydrogens is 436 g/mol. The molecule has 0 aliphatic rings. The Morgan fingerprint density at radius 2 is 1.59 bits per heavy atom. The summed E-state index contributed by atoms with van der Waals surface area (Å²) in [5.41, 5.74) is 6.79. The molecule has 0 fully saturated rings. The van der Waals surface area contributed by atoms with Crippen molar-refractivity contribution in [1.82, 2.24) is 16.0 Å². The minimum absolute atomic E-state index is 0.0264. The van der Waals surface area contributed by atoms with Gasteiger partial charge in [0.1, 0.15) is 11.8 Å². The molecule has 0 heterocycles. The zero-order valence-corrected chi connectivity index (χ0v) is 19.2. The maximum Gasteiger partial charge on any atom is 0.244 e. The van der Waals surface area contributed by atoms with Crippen molar-refractivity contribution in [3.8, 4) is 5.75 Å². The molecule has 34 heavy (non-hydrogen) atoms. The second kappa shape index (κ2) is 12.9. The maximum atomic E-state index is 12.9. The van der Waals surface area contributed by atoms with E-state index in [0.717, 1.165) is 5.56 Å². The molecule has 2 aromatic carbocycles. The summed E-state index contributed by atoms with van der Waals surface area (Å²) in [4.78, 5) is 49.4. The van der Waals surface area contributed by atoms with E-state index in [1.165, 1.54) is 32.1 Å². The molecule has 0 saturated carbocycles. The van der Waals surface area contributed by atoms with Crippen LogP contribution in [0.5, 0.6) is 5.75 Å². The van der Waals surface area contributed by atoms with E-state index < -0.39 is 41.6 Å². The Morgan fingerprint density at radius 1 is 0.941 bits per heavy atom. The number of rotatable bonds is 11. The molecule has 2 aromatic rings. The molecule has 0 saturated heterocycles. The van der Waals surface area contributed by atoms with E-state index in [-0.39, 0.29) is 18.7 Å². The van der Waals surface area contributed by atoms with E-state index in [4.69, 9.17) is 5.73 Å². The third kappa shape index (κ3) is 8.51. The van der Waals surface area contributed by atoms with Gasteiger partial charge in [-0.3, -0.25) is 19.2 Å². The highest BCUT2D eigenvalue weighted by molar-refractivity contribution is 5.98. The van der Waals surface area contributed by atoms with Gasteiger partial charge in [0.2, 0.25) is 17.7 Å². The number of hydrogen-bond donors (Lipinski definition) is 5. The van der Waals surface area contributed by atoms with E-state index in [1.54, 1.807) is 18.2 Å². The van der Waals surface area contributed by atoms with E-state index in [2.05, 4.69) is 16.0 Å². The normalized spacial score (nSPS) is 13.5. The number of carbonyl (C=O) groups is 4. The number of aromatic hydroxyl groups is 1. The summed E-state index contributed by atoms with van der Waals surface area (Å²) in [6.07, 6.45) is 2.85. The van der Waals surface area contributed by atoms with Crippen molar-refractivity contribution >= 4 is 29.6 Å². The fourth-order valence-corrected chi connectivity index (χ4v) is 2.95. The first-order valence-electron chi connectivity index (χ1n) is 10.8. The number of Topliss-reactive ketones (excluding diaryl/α,β-unsaturated/α-hetero) is 1. The summed E-state index contributed by atoms with van der Waals surface area (Å²) in [6, 6.07) is 13.0. The van der Waals surface area contributed by atoms with Gasteiger partial charge in [-0.15, -0.1) is 0 Å². The molecule has 2 rings (SSSR count). The van der Waals surface area contributed by atoms with Crippen molar-refractivity contribution in [1.29, 1.82) is 0 Å². The molecule has 0 spiro atoms. The van der Waals surface area contributed by atoms with Crippen molar-refractivity contribution in [2.45, 2.75) is 38.4 Å². The molecule has 0 aromatic heterocycles. The molecule has 0 aliphatic carbocycles. The summed E-state index contributed by atoms with van der Waals surface area (Å²) in [7, 11) is 0. The average Bonchev–Trinajstić information content (AvgIpc) is 2.82. The van der Waals surface area contributed by atoms with Gasteiger partial charge in [-0.25, -0.2) is 0 Å². The van der Waals surface area contributed by atoms with Crippen LogP contribution < -0.4 is 21.7 Å². The van der Waals surface area contributed by atoms with Crippen molar-refractivity contribution in [2.75, 3.05) is 6.54 Å². The number of hydrogen-bond acceptors (Lipinski definition) is 6. The Hall–Kier alpha value is -3.98. The van der Waals surface area contributed by atoms with E-state index >= 15 is 0 Å². The third-order valence-electron chi connectivity index (χ3n) is 4.94. The lowest BCUT2D eigenvalue weighted by Crippen LogP contribution is -2.54. The Bertz CT molecular complexity index is 1040. The smallest absolute Gasteiger partial charge is 0.244 e. The second-order valence-corrected chi connectivity index (χ2v) is 7.85. The van der Waals surface area contributed by atoms with Crippen molar-refractivity contribution in [3.63, 3.8) is 0 Å². The van der Waals surface area contributed by atoms with E-state index in [0.29, 0.717) is 5.56 Å². The second-order valence-electron chi connectivity index (χ2n) is 7.85. The van der Waals surface area contributed by atoms with Crippen molar-refractivity contribution in [3.05, 3.63) is 71.8 Å². The summed E-state index contributed by atoms with van der Waals surface area (Å²) in [5.74, 6) is -1.95. The van der Waals surface area contributed by atoms with Crippen LogP contribution in [0.3, 0.4) is 0 Å². The summed E-state index contributed by atoms with van der Waals surface area (Å²) >= 11 is 0. The van der Waals surface area contributed by atoms with Gasteiger partial charge in [-0.2, -0.15) is 0 Å². The molecule has 9 nitrogen and oxygen atoms in total. The monoisotopic (exact) mass is 466 g/mol. The number of phenolic OH excluding ortho intramolecular Hbond substituents is 1. The minimum atomic E-state index is -0.924. The lowest BCUT2D eigenvalue weighted by Gasteiger charge is -2.21. The molecular formula is C25H30N4O5. The van der Waals surface area contributed by atoms with Gasteiger partial charge in [0.05, 0.1) is 18.6 Å². The van der Waals surface area contributed by atoms with Gasteiger partial charge in [-0.1, -0.05) is 48.5 Å². The van der Waals surface area contributed by atoms with Gasteiger partial charge in [0, 0.05) is 11.6 Å². The molecule has 9 heteroatoms. The van der Waals surface area contributed by atoms with Crippen LogP contribution in [0.4, 0.5) is 0 Å². The van der Waals surface area contributed by atoms with Crippen LogP contribution in [0.15, 0.2) is 60.7 Å². The number of benzene rings is 2. The Balaban J connectivity index is 2.02. The van der Waals surface area contributed by atoms with Gasteiger partial charge >= 0.3 is 0 Å². The molecule has 0 aliphatic heterocycles.